The van der Waals surface area contributed by atoms with Crippen molar-refractivity contribution in [3.05, 3.63) is 23.8 Å². The normalized spacial score (nSPS) is 23.1. The predicted octanol–water partition coefficient (Wildman–Crippen LogP) is 3.54. The Morgan fingerprint density at radius 1 is 1.16 bits per heavy atom. The summed E-state index contributed by atoms with van der Waals surface area (Å²) in [6, 6.07) is 5.67. The zero-order valence-corrected chi connectivity index (χ0v) is 11.9. The first-order valence-corrected chi connectivity index (χ1v) is 7.26. The SMILES string of the molecule is CCOc1cc(CO)ccc1OC1CCC(C)CC1. The summed E-state index contributed by atoms with van der Waals surface area (Å²) in [6.45, 7) is 4.89. The van der Waals surface area contributed by atoms with Gasteiger partial charge in [-0.15, -0.1) is 0 Å². The first-order valence-electron chi connectivity index (χ1n) is 7.26. The smallest absolute Gasteiger partial charge is 0.161 e. The van der Waals surface area contributed by atoms with Crippen molar-refractivity contribution in [2.45, 2.75) is 52.2 Å². The molecule has 0 amide bonds. The standard InChI is InChI=1S/C16H24O3/c1-3-18-16-10-13(11-17)6-9-15(16)19-14-7-4-12(2)5-8-14/h6,9-10,12,14,17H,3-5,7-8,11H2,1-2H3. The molecule has 1 aliphatic rings. The van der Waals surface area contributed by atoms with Crippen LogP contribution in [0.4, 0.5) is 0 Å². The van der Waals surface area contributed by atoms with Crippen LogP contribution >= 0.6 is 0 Å². The molecule has 1 N–H and O–H groups in total. The van der Waals surface area contributed by atoms with Crippen LogP contribution in [-0.4, -0.2) is 17.8 Å². The highest BCUT2D eigenvalue weighted by Crippen LogP contribution is 2.33. The Kier molecular flexibility index (Phi) is 5.08. The summed E-state index contributed by atoms with van der Waals surface area (Å²) in [6.07, 6.45) is 5.02. The van der Waals surface area contributed by atoms with Crippen molar-refractivity contribution in [2.75, 3.05) is 6.61 Å². The number of hydrogen-bond donors (Lipinski definition) is 1. The largest absolute Gasteiger partial charge is 0.490 e. The molecule has 106 valence electrons. The summed E-state index contributed by atoms with van der Waals surface area (Å²) in [5, 5.41) is 9.18. The molecular formula is C16H24O3. The van der Waals surface area contributed by atoms with Crippen molar-refractivity contribution >= 4 is 0 Å². The van der Waals surface area contributed by atoms with Gasteiger partial charge in [0.25, 0.3) is 0 Å². The van der Waals surface area contributed by atoms with E-state index in [1.807, 2.05) is 25.1 Å². The molecule has 1 aromatic carbocycles. The lowest BCUT2D eigenvalue weighted by Gasteiger charge is -2.27. The van der Waals surface area contributed by atoms with Gasteiger partial charge < -0.3 is 14.6 Å². The zero-order valence-electron chi connectivity index (χ0n) is 11.9. The number of rotatable bonds is 5. The highest BCUT2D eigenvalue weighted by Gasteiger charge is 2.20. The van der Waals surface area contributed by atoms with Gasteiger partial charge in [-0.2, -0.15) is 0 Å². The van der Waals surface area contributed by atoms with E-state index in [1.165, 1.54) is 12.8 Å². The third-order valence-electron chi connectivity index (χ3n) is 3.75. The fourth-order valence-corrected chi connectivity index (χ4v) is 2.54. The maximum Gasteiger partial charge on any atom is 0.161 e. The van der Waals surface area contributed by atoms with Crippen LogP contribution in [0, 0.1) is 5.92 Å². The molecule has 3 heteroatoms. The van der Waals surface area contributed by atoms with E-state index in [0.717, 1.165) is 35.8 Å². The molecule has 19 heavy (non-hydrogen) atoms. The minimum atomic E-state index is 0.0291. The lowest BCUT2D eigenvalue weighted by molar-refractivity contribution is 0.130. The van der Waals surface area contributed by atoms with Crippen molar-refractivity contribution in [3.8, 4) is 11.5 Å². The maximum absolute atomic E-state index is 9.18. The van der Waals surface area contributed by atoms with E-state index >= 15 is 0 Å². The second kappa shape index (κ2) is 6.80. The fraction of sp³-hybridized carbons (Fsp3) is 0.625. The highest BCUT2D eigenvalue weighted by atomic mass is 16.5. The van der Waals surface area contributed by atoms with Crippen molar-refractivity contribution in [1.82, 2.24) is 0 Å². The monoisotopic (exact) mass is 264 g/mol. The van der Waals surface area contributed by atoms with Gasteiger partial charge in [0.1, 0.15) is 0 Å². The Bertz CT molecular complexity index is 395. The second-order valence-electron chi connectivity index (χ2n) is 5.37. The maximum atomic E-state index is 9.18. The average Bonchev–Trinajstić information content (AvgIpc) is 2.43. The zero-order chi connectivity index (χ0) is 13.7. The number of aliphatic hydroxyl groups is 1. The summed E-state index contributed by atoms with van der Waals surface area (Å²) in [4.78, 5) is 0. The topological polar surface area (TPSA) is 38.7 Å². The fourth-order valence-electron chi connectivity index (χ4n) is 2.54. The molecule has 0 aliphatic heterocycles. The van der Waals surface area contributed by atoms with Crippen LogP contribution in [0.15, 0.2) is 18.2 Å². The van der Waals surface area contributed by atoms with E-state index in [2.05, 4.69) is 6.92 Å². The van der Waals surface area contributed by atoms with E-state index < -0.39 is 0 Å². The van der Waals surface area contributed by atoms with Gasteiger partial charge in [-0.25, -0.2) is 0 Å². The molecule has 0 bridgehead atoms. The first-order chi connectivity index (χ1) is 9.22. The molecular weight excluding hydrogens is 240 g/mol. The van der Waals surface area contributed by atoms with E-state index in [0.29, 0.717) is 12.7 Å². The molecule has 1 aromatic rings. The summed E-state index contributed by atoms with van der Waals surface area (Å²) in [5.41, 5.74) is 0.855. The van der Waals surface area contributed by atoms with Crippen LogP contribution < -0.4 is 9.47 Å². The Morgan fingerprint density at radius 2 is 1.89 bits per heavy atom. The van der Waals surface area contributed by atoms with Crippen molar-refractivity contribution in [1.29, 1.82) is 0 Å². The Hall–Kier alpha value is -1.22. The molecule has 0 atom stereocenters. The average molecular weight is 264 g/mol. The Labute approximate surface area is 115 Å². The van der Waals surface area contributed by atoms with Crippen LogP contribution in [-0.2, 0) is 6.61 Å². The van der Waals surface area contributed by atoms with E-state index in [9.17, 15) is 5.11 Å². The van der Waals surface area contributed by atoms with Crippen LogP contribution in [0.3, 0.4) is 0 Å². The van der Waals surface area contributed by atoms with Crippen LogP contribution in [0.5, 0.6) is 11.5 Å². The van der Waals surface area contributed by atoms with E-state index in [1.54, 1.807) is 0 Å². The van der Waals surface area contributed by atoms with E-state index in [-0.39, 0.29) is 6.61 Å². The second-order valence-corrected chi connectivity index (χ2v) is 5.37. The number of aliphatic hydroxyl groups excluding tert-OH is 1. The minimum absolute atomic E-state index is 0.0291. The van der Waals surface area contributed by atoms with Crippen LogP contribution in [0.1, 0.15) is 45.1 Å². The van der Waals surface area contributed by atoms with Gasteiger partial charge in [-0.05, 0) is 56.2 Å². The third-order valence-corrected chi connectivity index (χ3v) is 3.75. The van der Waals surface area contributed by atoms with Crippen LogP contribution in [0.25, 0.3) is 0 Å². The van der Waals surface area contributed by atoms with Gasteiger partial charge in [0, 0.05) is 0 Å². The molecule has 2 rings (SSSR count). The lowest BCUT2D eigenvalue weighted by Crippen LogP contribution is -2.23. The molecule has 1 aliphatic carbocycles. The molecule has 0 aromatic heterocycles. The summed E-state index contributed by atoms with van der Waals surface area (Å²) in [7, 11) is 0. The molecule has 3 nitrogen and oxygen atoms in total. The van der Waals surface area contributed by atoms with Crippen molar-refractivity contribution in [2.24, 2.45) is 5.92 Å². The molecule has 0 unspecified atom stereocenters. The lowest BCUT2D eigenvalue weighted by atomic mass is 9.89. The summed E-state index contributed by atoms with van der Waals surface area (Å²) in [5.74, 6) is 2.37. The van der Waals surface area contributed by atoms with Gasteiger partial charge >= 0.3 is 0 Å². The van der Waals surface area contributed by atoms with Crippen LogP contribution in [0.2, 0.25) is 0 Å². The minimum Gasteiger partial charge on any atom is -0.490 e. The van der Waals surface area contributed by atoms with Gasteiger partial charge in [0.2, 0.25) is 0 Å². The van der Waals surface area contributed by atoms with Gasteiger partial charge in [-0.1, -0.05) is 13.0 Å². The summed E-state index contributed by atoms with van der Waals surface area (Å²) >= 11 is 0. The Morgan fingerprint density at radius 3 is 2.53 bits per heavy atom. The van der Waals surface area contributed by atoms with Crippen molar-refractivity contribution in [3.63, 3.8) is 0 Å². The number of hydrogen-bond acceptors (Lipinski definition) is 3. The van der Waals surface area contributed by atoms with Crippen molar-refractivity contribution < 1.29 is 14.6 Å². The molecule has 1 fully saturated rings. The Balaban J connectivity index is 2.06. The molecule has 0 spiro atoms. The van der Waals surface area contributed by atoms with Gasteiger partial charge in [-0.3, -0.25) is 0 Å². The molecule has 0 heterocycles. The third kappa shape index (κ3) is 3.87. The number of benzene rings is 1. The quantitative estimate of drug-likeness (QED) is 0.884. The molecule has 0 saturated heterocycles. The van der Waals surface area contributed by atoms with Gasteiger partial charge in [0.05, 0.1) is 19.3 Å². The predicted molar refractivity (Wildman–Crippen MR) is 75.6 cm³/mol. The molecule has 0 radical (unpaired) electrons. The van der Waals surface area contributed by atoms with E-state index in [4.69, 9.17) is 9.47 Å². The molecule has 1 saturated carbocycles. The first kappa shape index (κ1) is 14.2. The summed E-state index contributed by atoms with van der Waals surface area (Å²) < 4.78 is 11.7. The van der Waals surface area contributed by atoms with Gasteiger partial charge in [0.15, 0.2) is 11.5 Å². The number of ether oxygens (including phenoxy) is 2. The highest BCUT2D eigenvalue weighted by molar-refractivity contribution is 5.43.